The topological polar surface area (TPSA) is 46.2 Å². The van der Waals surface area contributed by atoms with Crippen LogP contribution in [-0.2, 0) is 0 Å². The Kier molecular flexibility index (Phi) is 3.20. The fraction of sp³-hybridized carbons (Fsp3) is 0.500. The number of alkyl halides is 1. The normalized spacial score (nSPS) is 16.0. The fourth-order valence-electron chi connectivity index (χ4n) is 0.904. The summed E-state index contributed by atoms with van der Waals surface area (Å²) in [6.45, 7) is 1.23. The van der Waals surface area contributed by atoms with Gasteiger partial charge in [-0.05, 0) is 23.9 Å². The van der Waals surface area contributed by atoms with E-state index in [0.717, 1.165) is 10.4 Å². The largest absolute Gasteiger partial charge is 0.386 e. The van der Waals surface area contributed by atoms with Crippen LogP contribution in [-0.4, -0.2) is 17.8 Å². The average molecular weight is 189 g/mol. The van der Waals surface area contributed by atoms with E-state index in [9.17, 15) is 9.50 Å². The lowest BCUT2D eigenvalue weighted by atomic mass is 10.1. The van der Waals surface area contributed by atoms with Gasteiger partial charge in [0, 0.05) is 4.88 Å². The number of aliphatic hydroxyl groups excluding tert-OH is 1. The molecule has 3 N–H and O–H groups in total. The third-order valence-corrected chi connectivity index (χ3v) is 2.75. The van der Waals surface area contributed by atoms with E-state index in [1.165, 1.54) is 11.3 Å². The number of halogens is 1. The molecule has 12 heavy (non-hydrogen) atoms. The maximum Gasteiger partial charge on any atom is 0.107 e. The number of rotatable bonds is 3. The van der Waals surface area contributed by atoms with Crippen molar-refractivity contribution in [3.05, 3.63) is 21.9 Å². The zero-order valence-electron chi connectivity index (χ0n) is 6.83. The van der Waals surface area contributed by atoms with Crippen LogP contribution in [0.25, 0.3) is 0 Å². The van der Waals surface area contributed by atoms with Crippen molar-refractivity contribution in [2.24, 2.45) is 5.73 Å². The van der Waals surface area contributed by atoms with E-state index in [1.807, 2.05) is 18.4 Å². The molecule has 0 saturated heterocycles. The average Bonchev–Trinajstić information content (AvgIpc) is 2.49. The molecule has 0 saturated carbocycles. The predicted octanol–water partition coefficient (Wildman–Crippen LogP) is 1.39. The Morgan fingerprint density at radius 2 is 2.42 bits per heavy atom. The van der Waals surface area contributed by atoms with Crippen LogP contribution >= 0.6 is 11.3 Å². The SMILES string of the molecule is Cc1csc([C@H](O)[C@H](N)CF)c1. The smallest absolute Gasteiger partial charge is 0.107 e. The Bertz CT molecular complexity index is 251. The van der Waals surface area contributed by atoms with E-state index < -0.39 is 18.8 Å². The van der Waals surface area contributed by atoms with Gasteiger partial charge in [-0.1, -0.05) is 0 Å². The summed E-state index contributed by atoms with van der Waals surface area (Å²) in [4.78, 5) is 0.734. The minimum Gasteiger partial charge on any atom is -0.386 e. The number of thiophene rings is 1. The zero-order valence-corrected chi connectivity index (χ0v) is 7.64. The van der Waals surface area contributed by atoms with E-state index in [-0.39, 0.29) is 0 Å². The van der Waals surface area contributed by atoms with Gasteiger partial charge < -0.3 is 10.8 Å². The van der Waals surface area contributed by atoms with E-state index in [2.05, 4.69) is 0 Å². The highest BCUT2D eigenvalue weighted by atomic mass is 32.1. The Morgan fingerprint density at radius 1 is 1.75 bits per heavy atom. The summed E-state index contributed by atoms with van der Waals surface area (Å²) in [5.74, 6) is 0. The predicted molar refractivity (Wildman–Crippen MR) is 48.0 cm³/mol. The molecule has 0 aromatic carbocycles. The summed E-state index contributed by atoms with van der Waals surface area (Å²) in [6, 6.07) is 1.02. The maximum absolute atomic E-state index is 12.0. The molecule has 1 rings (SSSR count). The first-order chi connectivity index (χ1) is 5.65. The third kappa shape index (κ3) is 2.03. The number of nitrogens with two attached hydrogens (primary N) is 1. The van der Waals surface area contributed by atoms with Crippen molar-refractivity contribution >= 4 is 11.3 Å². The highest BCUT2D eigenvalue weighted by Crippen LogP contribution is 2.23. The molecule has 0 bridgehead atoms. The molecule has 1 aromatic rings. The van der Waals surface area contributed by atoms with Crippen molar-refractivity contribution in [2.75, 3.05) is 6.67 Å². The quantitative estimate of drug-likeness (QED) is 0.754. The molecule has 0 spiro atoms. The second-order valence-corrected chi connectivity index (χ2v) is 3.73. The van der Waals surface area contributed by atoms with Crippen LogP contribution in [0.5, 0.6) is 0 Å². The Morgan fingerprint density at radius 3 is 2.83 bits per heavy atom. The minimum atomic E-state index is -0.867. The van der Waals surface area contributed by atoms with E-state index in [1.54, 1.807) is 0 Å². The molecular weight excluding hydrogens is 177 g/mol. The molecule has 1 aromatic heterocycles. The van der Waals surface area contributed by atoms with E-state index >= 15 is 0 Å². The van der Waals surface area contributed by atoms with Crippen LogP contribution in [0.3, 0.4) is 0 Å². The van der Waals surface area contributed by atoms with Gasteiger partial charge >= 0.3 is 0 Å². The van der Waals surface area contributed by atoms with Crippen LogP contribution in [0, 0.1) is 6.92 Å². The molecule has 0 aliphatic rings. The zero-order chi connectivity index (χ0) is 9.14. The van der Waals surface area contributed by atoms with E-state index in [0.29, 0.717) is 0 Å². The van der Waals surface area contributed by atoms with Gasteiger partial charge in [0.1, 0.15) is 12.8 Å². The Hall–Kier alpha value is -0.450. The lowest BCUT2D eigenvalue weighted by molar-refractivity contribution is 0.136. The van der Waals surface area contributed by atoms with Crippen molar-refractivity contribution in [3.63, 3.8) is 0 Å². The van der Waals surface area contributed by atoms with Gasteiger partial charge in [0.15, 0.2) is 0 Å². The molecule has 0 unspecified atom stereocenters. The lowest BCUT2D eigenvalue weighted by Crippen LogP contribution is -2.29. The van der Waals surface area contributed by atoms with Crippen LogP contribution in [0.4, 0.5) is 4.39 Å². The summed E-state index contributed by atoms with van der Waals surface area (Å²) >= 11 is 1.40. The summed E-state index contributed by atoms with van der Waals surface area (Å²) < 4.78 is 12.0. The molecule has 68 valence electrons. The molecule has 0 fully saturated rings. The Labute approximate surface area is 74.8 Å². The maximum atomic E-state index is 12.0. The number of hydrogen-bond acceptors (Lipinski definition) is 3. The number of aliphatic hydroxyl groups is 1. The van der Waals surface area contributed by atoms with E-state index in [4.69, 9.17) is 5.73 Å². The standard InChI is InChI=1S/C8H12FNOS/c1-5-2-7(12-4-5)8(11)6(10)3-9/h2,4,6,8,11H,3,10H2,1H3/t6-,8-/m1/s1. The van der Waals surface area contributed by atoms with Gasteiger partial charge in [-0.25, -0.2) is 4.39 Å². The van der Waals surface area contributed by atoms with Crippen LogP contribution in [0.15, 0.2) is 11.4 Å². The van der Waals surface area contributed by atoms with Gasteiger partial charge in [-0.15, -0.1) is 11.3 Å². The van der Waals surface area contributed by atoms with Crippen LogP contribution < -0.4 is 5.73 Å². The van der Waals surface area contributed by atoms with Gasteiger partial charge in [-0.2, -0.15) is 0 Å². The second kappa shape index (κ2) is 3.98. The molecule has 4 heteroatoms. The molecule has 2 atom stereocenters. The monoisotopic (exact) mass is 189 g/mol. The van der Waals surface area contributed by atoms with Crippen molar-refractivity contribution < 1.29 is 9.50 Å². The van der Waals surface area contributed by atoms with Gasteiger partial charge in [-0.3, -0.25) is 0 Å². The Balaban J connectivity index is 2.70. The van der Waals surface area contributed by atoms with Crippen LogP contribution in [0.1, 0.15) is 16.5 Å². The summed E-state index contributed by atoms with van der Waals surface area (Å²) in [7, 11) is 0. The number of aryl methyl sites for hydroxylation is 1. The molecule has 1 heterocycles. The summed E-state index contributed by atoms with van der Waals surface area (Å²) in [6.07, 6.45) is -0.867. The number of hydrogen-bond donors (Lipinski definition) is 2. The molecular formula is C8H12FNOS. The minimum absolute atomic E-state index is 0.696. The van der Waals surface area contributed by atoms with Crippen molar-refractivity contribution in [1.82, 2.24) is 0 Å². The summed E-state index contributed by atoms with van der Waals surface area (Å²) in [5, 5.41) is 11.4. The first-order valence-corrected chi connectivity index (χ1v) is 4.57. The molecule has 0 radical (unpaired) electrons. The first kappa shape index (κ1) is 9.64. The summed E-state index contributed by atoms with van der Waals surface area (Å²) in [5.41, 5.74) is 6.41. The lowest BCUT2D eigenvalue weighted by Gasteiger charge is -2.13. The molecule has 0 amide bonds. The molecule has 0 aliphatic carbocycles. The van der Waals surface area contributed by atoms with Crippen molar-refractivity contribution in [1.29, 1.82) is 0 Å². The highest BCUT2D eigenvalue weighted by molar-refractivity contribution is 7.10. The first-order valence-electron chi connectivity index (χ1n) is 3.69. The van der Waals surface area contributed by atoms with Gasteiger partial charge in [0.2, 0.25) is 0 Å². The second-order valence-electron chi connectivity index (χ2n) is 2.79. The van der Waals surface area contributed by atoms with Crippen LogP contribution in [0.2, 0.25) is 0 Å². The van der Waals surface area contributed by atoms with Gasteiger partial charge in [0.25, 0.3) is 0 Å². The molecule has 2 nitrogen and oxygen atoms in total. The van der Waals surface area contributed by atoms with Crippen molar-refractivity contribution in [2.45, 2.75) is 19.1 Å². The molecule has 0 aliphatic heterocycles. The van der Waals surface area contributed by atoms with Gasteiger partial charge in [0.05, 0.1) is 6.04 Å². The third-order valence-electron chi connectivity index (χ3n) is 1.63. The van der Waals surface area contributed by atoms with Crippen molar-refractivity contribution in [3.8, 4) is 0 Å². The fourth-order valence-corrected chi connectivity index (χ4v) is 1.86. The highest BCUT2D eigenvalue weighted by Gasteiger charge is 2.17.